The molecule has 0 unspecified atom stereocenters. The summed E-state index contributed by atoms with van der Waals surface area (Å²) >= 11 is 0. The monoisotopic (exact) mass is 297 g/mol. The molecule has 0 aliphatic carbocycles. The summed E-state index contributed by atoms with van der Waals surface area (Å²) in [5.74, 6) is 0.0838. The first kappa shape index (κ1) is 17.5. The molecule has 0 aromatic heterocycles. The van der Waals surface area contributed by atoms with E-state index in [1.165, 1.54) is 0 Å². The van der Waals surface area contributed by atoms with Crippen molar-refractivity contribution in [2.75, 3.05) is 0 Å². The molecule has 1 amide bonds. The van der Waals surface area contributed by atoms with Gasteiger partial charge in [-0.25, -0.2) is 9.59 Å². The van der Waals surface area contributed by atoms with Crippen molar-refractivity contribution in [2.24, 2.45) is 5.92 Å². The first-order chi connectivity index (χ1) is 9.62. The topological polar surface area (TPSA) is 64.6 Å². The van der Waals surface area contributed by atoms with Gasteiger partial charge in [0.05, 0.1) is 6.04 Å². The van der Waals surface area contributed by atoms with Crippen LogP contribution in [-0.2, 0) is 14.3 Å². The fourth-order valence-corrected chi connectivity index (χ4v) is 2.29. The number of hydrogen-bond donors (Lipinski definition) is 1. The highest BCUT2D eigenvalue weighted by molar-refractivity contribution is 5.90. The van der Waals surface area contributed by atoms with Gasteiger partial charge in [-0.05, 0) is 40.0 Å². The summed E-state index contributed by atoms with van der Waals surface area (Å²) in [5.41, 5.74) is 0.118. The summed E-state index contributed by atoms with van der Waals surface area (Å²) in [6.07, 6.45) is 2.23. The molecule has 0 bridgehead atoms. The van der Waals surface area contributed by atoms with E-state index in [0.717, 1.165) is 6.42 Å². The van der Waals surface area contributed by atoms with Crippen molar-refractivity contribution < 1.29 is 19.1 Å². The van der Waals surface area contributed by atoms with E-state index < -0.39 is 11.7 Å². The molecule has 1 fully saturated rings. The zero-order valence-corrected chi connectivity index (χ0v) is 13.9. The average molecular weight is 297 g/mol. The molecule has 0 aromatic carbocycles. The van der Waals surface area contributed by atoms with E-state index in [0.29, 0.717) is 17.9 Å². The average Bonchev–Trinajstić information content (AvgIpc) is 2.66. The normalized spacial score (nSPS) is 22.3. The molecule has 1 rings (SSSR count). The van der Waals surface area contributed by atoms with E-state index in [1.54, 1.807) is 6.08 Å². The standard InChI is InChI=1S/C16H27NO4/c1-7-11-9-13(20-14(11)18)12(8-10(2)3)17-15(19)21-16(4,5)6/h7,10,12-13H,8-9H2,1-6H3,(H,17,19)/b11-7+/t12-,13+/m0/s1. The molecule has 0 radical (unpaired) electrons. The Morgan fingerprint density at radius 1 is 1.48 bits per heavy atom. The van der Waals surface area contributed by atoms with Crippen molar-refractivity contribution in [3.63, 3.8) is 0 Å². The summed E-state index contributed by atoms with van der Waals surface area (Å²) < 4.78 is 10.7. The van der Waals surface area contributed by atoms with Crippen LogP contribution < -0.4 is 5.32 Å². The molecule has 0 aromatic rings. The highest BCUT2D eigenvalue weighted by atomic mass is 16.6. The van der Waals surface area contributed by atoms with Crippen LogP contribution in [0.3, 0.4) is 0 Å². The molecule has 0 saturated carbocycles. The number of alkyl carbamates (subject to hydrolysis) is 1. The molecule has 0 spiro atoms. The minimum atomic E-state index is -0.548. The van der Waals surface area contributed by atoms with Crippen LogP contribution in [-0.4, -0.2) is 29.8 Å². The van der Waals surface area contributed by atoms with Gasteiger partial charge in [0.25, 0.3) is 0 Å². The van der Waals surface area contributed by atoms with Gasteiger partial charge < -0.3 is 14.8 Å². The third-order valence-electron chi connectivity index (χ3n) is 3.17. The molecular formula is C16H27NO4. The summed E-state index contributed by atoms with van der Waals surface area (Å²) in [6.45, 7) is 11.4. The second-order valence-electron chi connectivity index (χ2n) is 6.84. The van der Waals surface area contributed by atoms with Gasteiger partial charge in [0.2, 0.25) is 0 Å². The molecule has 1 N–H and O–H groups in total. The minimum absolute atomic E-state index is 0.235. The van der Waals surface area contributed by atoms with Gasteiger partial charge in [-0.15, -0.1) is 0 Å². The predicted octanol–water partition coefficient (Wildman–Crippen LogP) is 3.19. The van der Waals surface area contributed by atoms with E-state index >= 15 is 0 Å². The molecule has 1 aliphatic heterocycles. The number of amides is 1. The molecule has 1 saturated heterocycles. The summed E-state index contributed by atoms with van der Waals surface area (Å²) in [6, 6.07) is -0.235. The van der Waals surface area contributed by atoms with Gasteiger partial charge in [-0.1, -0.05) is 19.9 Å². The van der Waals surface area contributed by atoms with Gasteiger partial charge in [0.15, 0.2) is 0 Å². The van der Waals surface area contributed by atoms with Gasteiger partial charge in [0, 0.05) is 12.0 Å². The molecule has 2 atom stereocenters. The lowest BCUT2D eigenvalue weighted by Crippen LogP contribution is -2.46. The van der Waals surface area contributed by atoms with Gasteiger partial charge >= 0.3 is 12.1 Å². The lowest BCUT2D eigenvalue weighted by atomic mass is 9.96. The van der Waals surface area contributed by atoms with Crippen LogP contribution in [0.5, 0.6) is 0 Å². The third kappa shape index (κ3) is 5.78. The van der Waals surface area contributed by atoms with Crippen LogP contribution in [0.1, 0.15) is 54.4 Å². The lowest BCUT2D eigenvalue weighted by Gasteiger charge is -2.27. The Balaban J connectivity index is 2.73. The van der Waals surface area contributed by atoms with Crippen LogP contribution in [0.25, 0.3) is 0 Å². The summed E-state index contributed by atoms with van der Waals surface area (Å²) in [7, 11) is 0. The summed E-state index contributed by atoms with van der Waals surface area (Å²) in [5, 5.41) is 2.85. The zero-order chi connectivity index (χ0) is 16.2. The number of hydrogen-bond acceptors (Lipinski definition) is 4. The van der Waals surface area contributed by atoms with Crippen LogP contribution in [0.15, 0.2) is 11.6 Å². The van der Waals surface area contributed by atoms with E-state index in [2.05, 4.69) is 19.2 Å². The summed E-state index contributed by atoms with van der Waals surface area (Å²) in [4.78, 5) is 23.6. The quantitative estimate of drug-likeness (QED) is 0.639. The fourth-order valence-electron chi connectivity index (χ4n) is 2.29. The predicted molar refractivity (Wildman–Crippen MR) is 80.9 cm³/mol. The second-order valence-corrected chi connectivity index (χ2v) is 6.84. The van der Waals surface area contributed by atoms with E-state index in [1.807, 2.05) is 27.7 Å². The van der Waals surface area contributed by atoms with Crippen LogP contribution >= 0.6 is 0 Å². The Morgan fingerprint density at radius 2 is 2.10 bits per heavy atom. The number of nitrogens with one attached hydrogen (secondary N) is 1. The van der Waals surface area contributed by atoms with Crippen LogP contribution in [0.4, 0.5) is 4.79 Å². The van der Waals surface area contributed by atoms with Crippen molar-refractivity contribution in [1.29, 1.82) is 0 Å². The molecule has 21 heavy (non-hydrogen) atoms. The van der Waals surface area contributed by atoms with E-state index in [9.17, 15) is 9.59 Å². The smallest absolute Gasteiger partial charge is 0.408 e. The van der Waals surface area contributed by atoms with Crippen molar-refractivity contribution in [2.45, 2.75) is 72.1 Å². The van der Waals surface area contributed by atoms with Gasteiger partial charge in [-0.3, -0.25) is 0 Å². The van der Waals surface area contributed by atoms with Crippen molar-refractivity contribution in [3.8, 4) is 0 Å². The van der Waals surface area contributed by atoms with Crippen molar-refractivity contribution >= 4 is 12.1 Å². The lowest BCUT2D eigenvalue weighted by molar-refractivity contribution is -0.140. The number of ether oxygens (including phenoxy) is 2. The Bertz CT molecular complexity index is 420. The van der Waals surface area contributed by atoms with Crippen LogP contribution in [0, 0.1) is 5.92 Å². The van der Waals surface area contributed by atoms with E-state index in [4.69, 9.17) is 9.47 Å². The van der Waals surface area contributed by atoms with Crippen molar-refractivity contribution in [1.82, 2.24) is 5.32 Å². The molecule has 5 heteroatoms. The first-order valence-corrected chi connectivity index (χ1v) is 7.48. The molecular weight excluding hydrogens is 270 g/mol. The molecule has 1 heterocycles. The maximum atomic E-state index is 12.0. The molecule has 120 valence electrons. The van der Waals surface area contributed by atoms with Crippen molar-refractivity contribution in [3.05, 3.63) is 11.6 Å². The van der Waals surface area contributed by atoms with Crippen LogP contribution in [0.2, 0.25) is 0 Å². The fraction of sp³-hybridized carbons (Fsp3) is 0.750. The van der Waals surface area contributed by atoms with Gasteiger partial charge in [0.1, 0.15) is 11.7 Å². The Kier molecular flexibility index (Phi) is 5.81. The number of carbonyl (C=O) groups excluding carboxylic acids is 2. The number of carbonyl (C=O) groups is 2. The zero-order valence-electron chi connectivity index (χ0n) is 13.9. The second kappa shape index (κ2) is 6.96. The number of esters is 1. The van der Waals surface area contributed by atoms with Gasteiger partial charge in [-0.2, -0.15) is 0 Å². The number of allylic oxidation sites excluding steroid dienone is 1. The third-order valence-corrected chi connectivity index (χ3v) is 3.17. The largest absolute Gasteiger partial charge is 0.456 e. The first-order valence-electron chi connectivity index (χ1n) is 7.48. The minimum Gasteiger partial charge on any atom is -0.456 e. The molecule has 5 nitrogen and oxygen atoms in total. The number of rotatable bonds is 4. The Morgan fingerprint density at radius 3 is 2.52 bits per heavy atom. The molecule has 1 aliphatic rings. The highest BCUT2D eigenvalue weighted by Crippen LogP contribution is 2.25. The Labute approximate surface area is 127 Å². The van der Waals surface area contributed by atoms with E-state index in [-0.39, 0.29) is 18.1 Å². The number of cyclic esters (lactones) is 1. The maximum absolute atomic E-state index is 12.0. The maximum Gasteiger partial charge on any atom is 0.408 e. The SMILES string of the molecule is C/C=C1\C[C@H]([C@H](CC(C)C)NC(=O)OC(C)(C)C)OC1=O. The highest BCUT2D eigenvalue weighted by Gasteiger charge is 2.36. The Hall–Kier alpha value is -1.52.